The molecule has 1 unspecified atom stereocenters. The standard InChI is InChI=1S/C26H23N3O5/c1-16-8-10-17(11-9-16)24(30)28-27-15-21-19-6-4-5-7-20(19)25(31)29(26(21)32)18-12-13-22(33-2)23(14-18)34-3/h4-15,21H,1-3H3,(H,28,30). The predicted molar refractivity (Wildman–Crippen MR) is 128 cm³/mol. The Morgan fingerprint density at radius 2 is 1.68 bits per heavy atom. The van der Waals surface area contributed by atoms with E-state index in [0.717, 1.165) is 10.5 Å². The fourth-order valence-corrected chi connectivity index (χ4v) is 3.75. The van der Waals surface area contributed by atoms with Crippen molar-refractivity contribution in [2.45, 2.75) is 12.8 Å². The number of nitrogens with one attached hydrogen (secondary N) is 1. The summed E-state index contributed by atoms with van der Waals surface area (Å²) in [7, 11) is 2.98. The number of methoxy groups -OCH3 is 2. The van der Waals surface area contributed by atoms with Crippen molar-refractivity contribution in [3.63, 3.8) is 0 Å². The van der Waals surface area contributed by atoms with Crippen LogP contribution in [0.15, 0.2) is 71.8 Å². The second-order valence-corrected chi connectivity index (χ2v) is 7.67. The number of carbonyl (C=O) groups excluding carboxylic acids is 3. The van der Waals surface area contributed by atoms with Gasteiger partial charge in [0.15, 0.2) is 11.5 Å². The van der Waals surface area contributed by atoms with Crippen molar-refractivity contribution in [2.75, 3.05) is 19.1 Å². The van der Waals surface area contributed by atoms with Crippen LogP contribution in [0.2, 0.25) is 0 Å². The van der Waals surface area contributed by atoms with Crippen LogP contribution in [-0.2, 0) is 4.79 Å². The van der Waals surface area contributed by atoms with Crippen LogP contribution in [0, 0.1) is 6.92 Å². The molecule has 0 spiro atoms. The van der Waals surface area contributed by atoms with Gasteiger partial charge in [0, 0.05) is 23.4 Å². The highest BCUT2D eigenvalue weighted by molar-refractivity contribution is 6.29. The van der Waals surface area contributed by atoms with Gasteiger partial charge >= 0.3 is 0 Å². The quantitative estimate of drug-likeness (QED) is 0.346. The zero-order valence-corrected chi connectivity index (χ0v) is 18.9. The molecule has 1 atom stereocenters. The number of fused-ring (bicyclic) bond motifs is 1. The van der Waals surface area contributed by atoms with Gasteiger partial charge in [0.05, 0.1) is 19.9 Å². The summed E-state index contributed by atoms with van der Waals surface area (Å²) in [5.41, 5.74) is 5.16. The van der Waals surface area contributed by atoms with E-state index in [1.807, 2.05) is 19.1 Å². The lowest BCUT2D eigenvalue weighted by atomic mass is 9.89. The Kier molecular flexibility index (Phi) is 6.40. The van der Waals surface area contributed by atoms with E-state index in [1.54, 1.807) is 54.6 Å². The maximum atomic E-state index is 13.5. The lowest BCUT2D eigenvalue weighted by Gasteiger charge is -2.31. The highest BCUT2D eigenvalue weighted by Gasteiger charge is 2.39. The van der Waals surface area contributed by atoms with E-state index < -0.39 is 23.6 Å². The summed E-state index contributed by atoms with van der Waals surface area (Å²) in [5.74, 6) is -1.37. The average molecular weight is 457 g/mol. The van der Waals surface area contributed by atoms with E-state index in [2.05, 4.69) is 10.5 Å². The molecule has 0 fully saturated rings. The van der Waals surface area contributed by atoms with Crippen LogP contribution < -0.4 is 19.8 Å². The molecule has 1 heterocycles. The number of aryl methyl sites for hydroxylation is 1. The number of hydrogen-bond donors (Lipinski definition) is 1. The van der Waals surface area contributed by atoms with Crippen molar-refractivity contribution in [1.29, 1.82) is 0 Å². The van der Waals surface area contributed by atoms with Crippen LogP contribution in [0.4, 0.5) is 5.69 Å². The van der Waals surface area contributed by atoms with Crippen LogP contribution in [0.5, 0.6) is 11.5 Å². The van der Waals surface area contributed by atoms with E-state index in [1.165, 1.54) is 20.4 Å². The molecule has 3 aromatic rings. The number of rotatable bonds is 6. The van der Waals surface area contributed by atoms with Crippen LogP contribution in [0.1, 0.15) is 37.8 Å². The number of amides is 3. The molecule has 8 nitrogen and oxygen atoms in total. The van der Waals surface area contributed by atoms with Gasteiger partial charge in [-0.05, 0) is 42.8 Å². The zero-order chi connectivity index (χ0) is 24.2. The van der Waals surface area contributed by atoms with E-state index in [0.29, 0.717) is 33.9 Å². The maximum Gasteiger partial charge on any atom is 0.271 e. The topological polar surface area (TPSA) is 97.3 Å². The first-order chi connectivity index (χ1) is 16.4. The summed E-state index contributed by atoms with van der Waals surface area (Å²) in [6, 6.07) is 18.7. The molecule has 0 saturated carbocycles. The third-order valence-corrected chi connectivity index (χ3v) is 5.54. The summed E-state index contributed by atoms with van der Waals surface area (Å²) < 4.78 is 10.6. The predicted octanol–water partition coefficient (Wildman–Crippen LogP) is 3.70. The van der Waals surface area contributed by atoms with Crippen molar-refractivity contribution >= 4 is 29.6 Å². The third kappa shape index (κ3) is 4.25. The molecule has 1 aliphatic heterocycles. The summed E-state index contributed by atoms with van der Waals surface area (Å²) in [6.07, 6.45) is 1.34. The molecule has 8 heteroatoms. The van der Waals surface area contributed by atoms with Gasteiger partial charge in [0.2, 0.25) is 5.91 Å². The van der Waals surface area contributed by atoms with Crippen LogP contribution in [-0.4, -0.2) is 38.2 Å². The fraction of sp³-hybridized carbons (Fsp3) is 0.154. The number of hydrogen-bond acceptors (Lipinski definition) is 6. The minimum absolute atomic E-state index is 0.337. The van der Waals surface area contributed by atoms with Crippen LogP contribution >= 0.6 is 0 Å². The molecule has 0 bridgehead atoms. The van der Waals surface area contributed by atoms with Crippen molar-refractivity contribution in [3.8, 4) is 11.5 Å². The molecule has 3 amide bonds. The Morgan fingerprint density at radius 1 is 0.971 bits per heavy atom. The van der Waals surface area contributed by atoms with Gasteiger partial charge in [-0.3, -0.25) is 14.4 Å². The Balaban J connectivity index is 1.66. The van der Waals surface area contributed by atoms with Gasteiger partial charge in [-0.1, -0.05) is 35.9 Å². The number of ether oxygens (including phenoxy) is 2. The lowest BCUT2D eigenvalue weighted by Crippen LogP contribution is -2.45. The zero-order valence-electron chi connectivity index (χ0n) is 18.9. The van der Waals surface area contributed by atoms with Crippen molar-refractivity contribution in [2.24, 2.45) is 5.10 Å². The third-order valence-electron chi connectivity index (χ3n) is 5.54. The second-order valence-electron chi connectivity index (χ2n) is 7.67. The van der Waals surface area contributed by atoms with E-state index in [9.17, 15) is 14.4 Å². The molecular weight excluding hydrogens is 434 g/mol. The number of hydrazone groups is 1. The monoisotopic (exact) mass is 457 g/mol. The molecule has 0 aromatic heterocycles. The molecule has 1 aliphatic rings. The number of carbonyl (C=O) groups is 3. The minimum atomic E-state index is -0.875. The number of imide groups is 1. The minimum Gasteiger partial charge on any atom is -0.493 e. The molecule has 4 rings (SSSR count). The fourth-order valence-electron chi connectivity index (χ4n) is 3.75. The van der Waals surface area contributed by atoms with E-state index >= 15 is 0 Å². The smallest absolute Gasteiger partial charge is 0.271 e. The van der Waals surface area contributed by atoms with Crippen molar-refractivity contribution in [1.82, 2.24) is 5.43 Å². The van der Waals surface area contributed by atoms with E-state index in [4.69, 9.17) is 9.47 Å². The summed E-state index contributed by atoms with van der Waals surface area (Å²) in [4.78, 5) is 40.2. The summed E-state index contributed by atoms with van der Waals surface area (Å²) in [5, 5.41) is 4.03. The molecule has 0 radical (unpaired) electrons. The maximum absolute atomic E-state index is 13.5. The SMILES string of the molecule is COc1ccc(N2C(=O)c3ccccc3C(C=NNC(=O)c3ccc(C)cc3)C2=O)cc1OC. The Bertz CT molecular complexity index is 1280. The molecule has 172 valence electrons. The van der Waals surface area contributed by atoms with E-state index in [-0.39, 0.29) is 0 Å². The molecule has 34 heavy (non-hydrogen) atoms. The Hall–Kier alpha value is -4.46. The average Bonchev–Trinajstić information content (AvgIpc) is 2.86. The van der Waals surface area contributed by atoms with Gasteiger partial charge < -0.3 is 9.47 Å². The number of nitrogens with zero attached hydrogens (tertiary/aromatic N) is 2. The largest absolute Gasteiger partial charge is 0.493 e. The van der Waals surface area contributed by atoms with Gasteiger partial charge in [-0.15, -0.1) is 0 Å². The summed E-state index contributed by atoms with van der Waals surface area (Å²) in [6.45, 7) is 1.93. The normalized spacial score (nSPS) is 15.3. The molecule has 3 aromatic carbocycles. The summed E-state index contributed by atoms with van der Waals surface area (Å²) >= 11 is 0. The molecule has 0 aliphatic carbocycles. The molecule has 1 N–H and O–H groups in total. The first-order valence-electron chi connectivity index (χ1n) is 10.5. The molecule has 0 saturated heterocycles. The highest BCUT2D eigenvalue weighted by Crippen LogP contribution is 2.36. The molecular formula is C26H23N3O5. The highest BCUT2D eigenvalue weighted by atomic mass is 16.5. The van der Waals surface area contributed by atoms with Gasteiger partial charge in [-0.2, -0.15) is 5.10 Å². The van der Waals surface area contributed by atoms with Crippen LogP contribution in [0.25, 0.3) is 0 Å². The first kappa shape index (κ1) is 22.7. The number of anilines is 1. The van der Waals surface area contributed by atoms with Crippen molar-refractivity contribution < 1.29 is 23.9 Å². The van der Waals surface area contributed by atoms with Crippen molar-refractivity contribution in [3.05, 3.63) is 89.0 Å². The number of benzene rings is 3. The van der Waals surface area contributed by atoms with Gasteiger partial charge in [0.25, 0.3) is 11.8 Å². The lowest BCUT2D eigenvalue weighted by molar-refractivity contribution is -0.118. The second kappa shape index (κ2) is 9.58. The van der Waals surface area contributed by atoms with Gasteiger partial charge in [-0.25, -0.2) is 10.3 Å². The first-order valence-corrected chi connectivity index (χ1v) is 10.5. The Morgan fingerprint density at radius 3 is 2.38 bits per heavy atom. The van der Waals surface area contributed by atoms with Crippen LogP contribution in [0.3, 0.4) is 0 Å². The van der Waals surface area contributed by atoms with Gasteiger partial charge in [0.1, 0.15) is 5.92 Å². The Labute approximate surface area is 196 Å².